The molecule has 3 rings (SSSR count). The van der Waals surface area contributed by atoms with Gasteiger partial charge in [-0.1, -0.05) is 47.6 Å². The predicted molar refractivity (Wildman–Crippen MR) is 86.2 cm³/mol. The lowest BCUT2D eigenvalue weighted by Crippen LogP contribution is -2.17. The van der Waals surface area contributed by atoms with Gasteiger partial charge in [0.25, 0.3) is 0 Å². The number of nitrogens with two attached hydrogens (primary N) is 1. The molecule has 0 unspecified atom stereocenters. The third-order valence-corrected chi connectivity index (χ3v) is 3.43. The van der Waals surface area contributed by atoms with E-state index in [0.717, 1.165) is 11.1 Å². The maximum absolute atomic E-state index is 11.5. The quantitative estimate of drug-likeness (QED) is 0.652. The molecule has 1 aliphatic rings. The molecular weight excluding hydrogens is 294 g/mol. The van der Waals surface area contributed by atoms with Crippen LogP contribution in [0.4, 0.5) is 5.69 Å². The average Bonchev–Trinajstić information content (AvgIpc) is 2.92. The first kappa shape index (κ1) is 14.8. The van der Waals surface area contributed by atoms with Crippen LogP contribution in [0.3, 0.4) is 0 Å². The van der Waals surface area contributed by atoms with Gasteiger partial charge in [-0.3, -0.25) is 9.59 Å². The number of fused-ring (bicyclic) bond motifs is 1. The van der Waals surface area contributed by atoms with Gasteiger partial charge in [0.15, 0.2) is 5.75 Å². The Balaban J connectivity index is 1.89. The molecule has 0 aliphatic carbocycles. The number of amides is 2. The highest BCUT2D eigenvalue weighted by molar-refractivity contribution is 6.10. The van der Waals surface area contributed by atoms with E-state index in [4.69, 9.17) is 10.6 Å². The van der Waals surface area contributed by atoms with Crippen molar-refractivity contribution in [3.8, 4) is 5.75 Å². The van der Waals surface area contributed by atoms with Crippen molar-refractivity contribution in [2.45, 2.75) is 12.8 Å². The minimum Gasteiger partial charge on any atom is -0.369 e. The summed E-state index contributed by atoms with van der Waals surface area (Å²) in [4.78, 5) is 28.2. The summed E-state index contributed by atoms with van der Waals surface area (Å²) in [6.07, 6.45) is 0.286. The largest absolute Gasteiger partial charge is 0.369 e. The number of primary amides is 1. The van der Waals surface area contributed by atoms with Crippen molar-refractivity contribution in [3.63, 3.8) is 0 Å². The van der Waals surface area contributed by atoms with E-state index < -0.39 is 5.91 Å². The van der Waals surface area contributed by atoms with Crippen molar-refractivity contribution in [2.24, 2.45) is 10.9 Å². The average molecular weight is 309 g/mol. The van der Waals surface area contributed by atoms with Crippen molar-refractivity contribution in [1.29, 1.82) is 0 Å². The Morgan fingerprint density at radius 1 is 1.17 bits per heavy atom. The van der Waals surface area contributed by atoms with E-state index in [0.29, 0.717) is 23.6 Å². The highest BCUT2D eigenvalue weighted by atomic mass is 16.6. The molecule has 0 saturated heterocycles. The first-order chi connectivity index (χ1) is 11.1. The van der Waals surface area contributed by atoms with E-state index in [-0.39, 0.29) is 12.3 Å². The van der Waals surface area contributed by atoms with Crippen LogP contribution in [0.15, 0.2) is 53.7 Å². The van der Waals surface area contributed by atoms with Crippen LogP contribution in [0.1, 0.15) is 17.5 Å². The van der Waals surface area contributed by atoms with Gasteiger partial charge in [-0.15, -0.1) is 0 Å². The van der Waals surface area contributed by atoms with Crippen LogP contribution in [0.2, 0.25) is 0 Å². The lowest BCUT2D eigenvalue weighted by Gasteiger charge is -2.08. The molecular formula is C17H15N3O3. The van der Waals surface area contributed by atoms with E-state index in [9.17, 15) is 9.59 Å². The van der Waals surface area contributed by atoms with E-state index >= 15 is 0 Å². The number of anilines is 1. The Bertz CT molecular complexity index is 785. The summed E-state index contributed by atoms with van der Waals surface area (Å²) in [6, 6.07) is 14.5. The standard InChI is InChI=1S/C17H15N3O3/c18-15(21)10-13(11-5-2-1-3-6-11)20-23-14-8-4-7-12-9-16(22)19-17(12)14/h1-8H,9-10H2,(H2,18,21)(H,19,22)/b20-13+. The van der Waals surface area contributed by atoms with Gasteiger partial charge >= 0.3 is 0 Å². The zero-order valence-electron chi connectivity index (χ0n) is 12.3. The molecule has 6 nitrogen and oxygen atoms in total. The van der Waals surface area contributed by atoms with Gasteiger partial charge in [-0.25, -0.2) is 0 Å². The van der Waals surface area contributed by atoms with Crippen LogP contribution < -0.4 is 15.9 Å². The summed E-state index contributed by atoms with van der Waals surface area (Å²) >= 11 is 0. The fourth-order valence-electron chi connectivity index (χ4n) is 2.39. The van der Waals surface area contributed by atoms with E-state index in [1.54, 1.807) is 12.1 Å². The number of hydrogen-bond donors (Lipinski definition) is 2. The first-order valence-electron chi connectivity index (χ1n) is 7.13. The molecule has 0 atom stereocenters. The second kappa shape index (κ2) is 6.31. The van der Waals surface area contributed by atoms with Gasteiger partial charge in [-0.05, 0) is 17.2 Å². The number of carbonyl (C=O) groups is 2. The summed E-state index contributed by atoms with van der Waals surface area (Å²) in [7, 11) is 0. The number of rotatable bonds is 5. The van der Waals surface area contributed by atoms with Crippen LogP contribution in [0.5, 0.6) is 5.75 Å². The summed E-state index contributed by atoms with van der Waals surface area (Å²) in [5.74, 6) is -0.144. The maximum atomic E-state index is 11.5. The number of benzene rings is 2. The number of hydrogen-bond acceptors (Lipinski definition) is 4. The molecule has 0 spiro atoms. The summed E-state index contributed by atoms with van der Waals surface area (Å²) in [5.41, 5.74) is 7.94. The Hall–Kier alpha value is -3.15. The molecule has 0 fully saturated rings. The van der Waals surface area contributed by atoms with Gasteiger partial charge < -0.3 is 15.9 Å². The normalized spacial score (nSPS) is 13.4. The molecule has 0 bridgehead atoms. The summed E-state index contributed by atoms with van der Waals surface area (Å²) < 4.78 is 0. The third kappa shape index (κ3) is 3.37. The van der Waals surface area contributed by atoms with Crippen LogP contribution >= 0.6 is 0 Å². The molecule has 116 valence electrons. The van der Waals surface area contributed by atoms with Crippen molar-refractivity contribution < 1.29 is 14.4 Å². The second-order valence-electron chi connectivity index (χ2n) is 5.15. The Morgan fingerprint density at radius 2 is 1.96 bits per heavy atom. The zero-order valence-corrected chi connectivity index (χ0v) is 12.3. The smallest absolute Gasteiger partial charge is 0.228 e. The molecule has 6 heteroatoms. The molecule has 0 radical (unpaired) electrons. The minimum absolute atomic E-state index is 0.0363. The minimum atomic E-state index is -0.497. The molecule has 3 N–H and O–H groups in total. The highest BCUT2D eigenvalue weighted by Gasteiger charge is 2.21. The Morgan fingerprint density at radius 3 is 2.70 bits per heavy atom. The third-order valence-electron chi connectivity index (χ3n) is 3.43. The fraction of sp³-hybridized carbons (Fsp3) is 0.118. The number of para-hydroxylation sites is 1. The van der Waals surface area contributed by atoms with E-state index in [1.807, 2.05) is 36.4 Å². The molecule has 23 heavy (non-hydrogen) atoms. The lowest BCUT2D eigenvalue weighted by molar-refractivity contribution is -0.117. The monoisotopic (exact) mass is 309 g/mol. The Labute approximate surface area is 132 Å². The van der Waals surface area contributed by atoms with Crippen LogP contribution in [-0.4, -0.2) is 17.5 Å². The van der Waals surface area contributed by atoms with Gasteiger partial charge in [0.2, 0.25) is 11.8 Å². The van der Waals surface area contributed by atoms with E-state index in [2.05, 4.69) is 10.5 Å². The summed E-state index contributed by atoms with van der Waals surface area (Å²) in [5, 5.41) is 6.82. The fourth-order valence-corrected chi connectivity index (χ4v) is 2.39. The van der Waals surface area contributed by atoms with Crippen molar-refractivity contribution in [3.05, 3.63) is 59.7 Å². The highest BCUT2D eigenvalue weighted by Crippen LogP contribution is 2.33. The molecule has 2 amide bonds. The number of nitrogens with zero attached hydrogens (tertiary/aromatic N) is 1. The molecule has 1 heterocycles. The van der Waals surface area contributed by atoms with Crippen LogP contribution in [0.25, 0.3) is 0 Å². The van der Waals surface area contributed by atoms with Crippen molar-refractivity contribution in [1.82, 2.24) is 0 Å². The number of oxime groups is 1. The zero-order chi connectivity index (χ0) is 16.2. The maximum Gasteiger partial charge on any atom is 0.228 e. The van der Waals surface area contributed by atoms with Crippen LogP contribution in [0, 0.1) is 0 Å². The summed E-state index contributed by atoms with van der Waals surface area (Å²) in [6.45, 7) is 0. The van der Waals surface area contributed by atoms with Gasteiger partial charge in [-0.2, -0.15) is 0 Å². The molecule has 0 aromatic heterocycles. The first-order valence-corrected chi connectivity index (χ1v) is 7.13. The topological polar surface area (TPSA) is 93.8 Å². The van der Waals surface area contributed by atoms with Gasteiger partial charge in [0.05, 0.1) is 24.2 Å². The van der Waals surface area contributed by atoms with Gasteiger partial charge in [0.1, 0.15) is 0 Å². The Kier molecular flexibility index (Phi) is 4.05. The lowest BCUT2D eigenvalue weighted by atomic mass is 10.1. The van der Waals surface area contributed by atoms with Crippen molar-refractivity contribution >= 4 is 23.2 Å². The molecule has 2 aromatic carbocycles. The predicted octanol–water partition coefficient (Wildman–Crippen LogP) is 1.84. The molecule has 2 aromatic rings. The SMILES string of the molecule is NC(=O)C/C(=N\Oc1cccc2c1NC(=O)C2)c1ccccc1. The van der Waals surface area contributed by atoms with Crippen LogP contribution in [-0.2, 0) is 16.0 Å². The number of carbonyl (C=O) groups excluding carboxylic acids is 2. The molecule has 1 aliphatic heterocycles. The second-order valence-corrected chi connectivity index (χ2v) is 5.15. The number of nitrogens with one attached hydrogen (secondary N) is 1. The van der Waals surface area contributed by atoms with E-state index in [1.165, 1.54) is 0 Å². The molecule has 0 saturated carbocycles. The van der Waals surface area contributed by atoms with Crippen molar-refractivity contribution in [2.75, 3.05) is 5.32 Å². The van der Waals surface area contributed by atoms with Gasteiger partial charge in [0, 0.05) is 0 Å².